The SMILES string of the molecule is C=CC(=O)N1CC(n2nc(C#Cc3cc4nncc(C)c4cc3Cl)c(C(N)=O)c2NC)C[C@@H]1COC. The summed E-state index contributed by atoms with van der Waals surface area (Å²) in [5, 5.41) is 17.1. The van der Waals surface area contributed by atoms with Gasteiger partial charge in [-0.15, -0.1) is 0 Å². The van der Waals surface area contributed by atoms with Crippen molar-refractivity contribution in [3.8, 4) is 11.8 Å². The van der Waals surface area contributed by atoms with Crippen LogP contribution in [0.1, 0.15) is 39.6 Å². The maximum absolute atomic E-state index is 12.4. The van der Waals surface area contributed by atoms with Crippen molar-refractivity contribution in [1.82, 2.24) is 24.9 Å². The lowest BCUT2D eigenvalue weighted by Gasteiger charge is -2.22. The smallest absolute Gasteiger partial charge is 0.255 e. The molecule has 2 amide bonds. The quantitative estimate of drug-likeness (QED) is 0.387. The fraction of sp³-hybridized carbons (Fsp3) is 0.320. The topological polar surface area (TPSA) is 128 Å². The zero-order chi connectivity index (χ0) is 26.0. The number of methoxy groups -OCH3 is 1. The van der Waals surface area contributed by atoms with Crippen molar-refractivity contribution in [2.24, 2.45) is 5.73 Å². The van der Waals surface area contributed by atoms with Crippen LogP contribution in [0.3, 0.4) is 0 Å². The van der Waals surface area contributed by atoms with E-state index < -0.39 is 5.91 Å². The molecule has 11 heteroatoms. The van der Waals surface area contributed by atoms with Gasteiger partial charge in [0, 0.05) is 31.7 Å². The Labute approximate surface area is 213 Å². The van der Waals surface area contributed by atoms with Crippen molar-refractivity contribution in [2.45, 2.75) is 25.4 Å². The number of hydrogen-bond acceptors (Lipinski definition) is 7. The average molecular weight is 508 g/mol. The van der Waals surface area contributed by atoms with Gasteiger partial charge in [-0.25, -0.2) is 4.68 Å². The number of amides is 2. The van der Waals surface area contributed by atoms with Crippen LogP contribution in [0.5, 0.6) is 0 Å². The highest BCUT2D eigenvalue weighted by atomic mass is 35.5. The largest absolute Gasteiger partial charge is 0.383 e. The summed E-state index contributed by atoms with van der Waals surface area (Å²) in [7, 11) is 3.26. The van der Waals surface area contributed by atoms with Crippen LogP contribution in [0.25, 0.3) is 10.9 Å². The van der Waals surface area contributed by atoms with E-state index in [0.717, 1.165) is 10.9 Å². The van der Waals surface area contributed by atoms with E-state index in [9.17, 15) is 9.59 Å². The molecule has 10 nitrogen and oxygen atoms in total. The Morgan fingerprint density at radius 2 is 2.17 bits per heavy atom. The lowest BCUT2D eigenvalue weighted by molar-refractivity contribution is -0.127. The molecular formula is C25H26ClN7O3. The zero-order valence-electron chi connectivity index (χ0n) is 20.2. The summed E-state index contributed by atoms with van der Waals surface area (Å²) in [6.07, 6.45) is 3.51. The summed E-state index contributed by atoms with van der Waals surface area (Å²) >= 11 is 6.48. The molecule has 0 saturated carbocycles. The van der Waals surface area contributed by atoms with E-state index in [0.29, 0.717) is 41.5 Å². The number of carbonyl (C=O) groups is 2. The van der Waals surface area contributed by atoms with Crippen LogP contribution in [0, 0.1) is 18.8 Å². The number of aryl methyl sites for hydroxylation is 1. The van der Waals surface area contributed by atoms with Gasteiger partial charge in [-0.2, -0.15) is 15.3 Å². The number of hydrogen-bond donors (Lipinski definition) is 2. The number of fused-ring (bicyclic) bond motifs is 1. The molecule has 1 aromatic carbocycles. The van der Waals surface area contributed by atoms with Crippen LogP contribution < -0.4 is 11.1 Å². The summed E-state index contributed by atoms with van der Waals surface area (Å²) in [5.74, 6) is 5.50. The second kappa shape index (κ2) is 10.4. The minimum Gasteiger partial charge on any atom is -0.383 e. The third-order valence-electron chi connectivity index (χ3n) is 6.19. The van der Waals surface area contributed by atoms with E-state index in [4.69, 9.17) is 22.1 Å². The highest BCUT2D eigenvalue weighted by molar-refractivity contribution is 6.32. The monoisotopic (exact) mass is 507 g/mol. The number of nitrogens with one attached hydrogen (secondary N) is 1. The van der Waals surface area contributed by atoms with Gasteiger partial charge in [0.1, 0.15) is 11.4 Å². The number of halogens is 1. The van der Waals surface area contributed by atoms with Crippen LogP contribution >= 0.6 is 11.6 Å². The summed E-state index contributed by atoms with van der Waals surface area (Å²) in [5.41, 5.74) is 8.21. The van der Waals surface area contributed by atoms with E-state index in [1.54, 1.807) is 42.1 Å². The van der Waals surface area contributed by atoms with Gasteiger partial charge >= 0.3 is 0 Å². The van der Waals surface area contributed by atoms with Crippen LogP contribution in [-0.4, -0.2) is 70.0 Å². The Hall–Kier alpha value is -3.94. The van der Waals surface area contributed by atoms with Gasteiger partial charge in [0.15, 0.2) is 5.69 Å². The third kappa shape index (κ3) is 4.63. The minimum absolute atomic E-state index is 0.160. The van der Waals surface area contributed by atoms with Crippen molar-refractivity contribution < 1.29 is 14.3 Å². The van der Waals surface area contributed by atoms with Crippen molar-refractivity contribution in [3.05, 3.63) is 58.4 Å². The first-order valence-electron chi connectivity index (χ1n) is 11.2. The van der Waals surface area contributed by atoms with Crippen molar-refractivity contribution in [2.75, 3.05) is 32.6 Å². The van der Waals surface area contributed by atoms with E-state index in [1.165, 1.54) is 6.08 Å². The lowest BCUT2D eigenvalue weighted by atomic mass is 10.1. The van der Waals surface area contributed by atoms with Crippen LogP contribution in [0.2, 0.25) is 5.02 Å². The van der Waals surface area contributed by atoms with E-state index in [-0.39, 0.29) is 29.2 Å². The van der Waals surface area contributed by atoms with Gasteiger partial charge in [-0.1, -0.05) is 24.1 Å². The number of anilines is 1. The molecular weight excluding hydrogens is 482 g/mol. The first kappa shape index (κ1) is 25.2. The molecule has 0 radical (unpaired) electrons. The van der Waals surface area contributed by atoms with Crippen molar-refractivity contribution >= 4 is 40.1 Å². The standard InChI is InChI=1S/C25H26ClN7O3/c1-5-22(34)32-12-16(9-17(32)13-36-4)33-25(28-3)23(24(27)35)20(31-33)7-6-15-8-21-18(10-19(15)26)14(2)11-29-30-21/h5,8,10-11,16-17,28H,1,9,12-13H2,2-4H3,(H2,27,35)/t16?,17-/m1/s1. The van der Waals surface area contributed by atoms with Gasteiger partial charge in [0.25, 0.3) is 5.91 Å². The highest BCUT2D eigenvalue weighted by Crippen LogP contribution is 2.32. The second-order valence-electron chi connectivity index (χ2n) is 8.45. The van der Waals surface area contributed by atoms with Crippen molar-refractivity contribution in [1.29, 1.82) is 0 Å². The number of likely N-dealkylation sites (tertiary alicyclic amines) is 1. The molecule has 186 valence electrons. The average Bonchev–Trinajstić information content (AvgIpc) is 3.44. The molecule has 1 unspecified atom stereocenters. The minimum atomic E-state index is -0.675. The molecule has 3 aromatic rings. The van der Waals surface area contributed by atoms with E-state index in [2.05, 4.69) is 39.0 Å². The van der Waals surface area contributed by atoms with E-state index in [1.807, 2.05) is 6.92 Å². The number of benzene rings is 1. The summed E-state index contributed by atoms with van der Waals surface area (Å²) in [6.45, 7) is 6.25. The molecule has 0 aliphatic carbocycles. The zero-order valence-corrected chi connectivity index (χ0v) is 21.0. The molecule has 3 N–H and O–H groups in total. The molecule has 1 aliphatic rings. The Kier molecular flexibility index (Phi) is 7.24. The van der Waals surface area contributed by atoms with Gasteiger partial charge in [0.05, 0.1) is 35.4 Å². The predicted octanol–water partition coefficient (Wildman–Crippen LogP) is 2.30. The normalized spacial score (nSPS) is 17.1. The van der Waals surface area contributed by atoms with Crippen LogP contribution in [0.15, 0.2) is 31.0 Å². The third-order valence-corrected chi connectivity index (χ3v) is 6.50. The Balaban J connectivity index is 1.76. The van der Waals surface area contributed by atoms with Gasteiger partial charge < -0.3 is 20.7 Å². The molecule has 4 rings (SSSR count). The van der Waals surface area contributed by atoms with Crippen molar-refractivity contribution in [3.63, 3.8) is 0 Å². The molecule has 1 aliphatic heterocycles. The summed E-state index contributed by atoms with van der Waals surface area (Å²) < 4.78 is 6.97. The molecule has 2 aromatic heterocycles. The van der Waals surface area contributed by atoms with Gasteiger partial charge in [-0.05, 0) is 43.0 Å². The Bertz CT molecular complexity index is 1420. The van der Waals surface area contributed by atoms with Crippen LogP contribution in [0.4, 0.5) is 5.82 Å². The van der Waals surface area contributed by atoms with E-state index >= 15 is 0 Å². The number of ether oxygens (including phenoxy) is 1. The van der Waals surface area contributed by atoms with Gasteiger partial charge in [-0.3, -0.25) is 9.59 Å². The van der Waals surface area contributed by atoms with Crippen LogP contribution in [-0.2, 0) is 9.53 Å². The molecule has 2 atom stereocenters. The molecule has 36 heavy (non-hydrogen) atoms. The summed E-state index contributed by atoms with van der Waals surface area (Å²) in [6, 6.07) is 3.15. The number of rotatable bonds is 6. The molecule has 1 saturated heterocycles. The molecule has 0 spiro atoms. The molecule has 1 fully saturated rings. The maximum atomic E-state index is 12.4. The predicted molar refractivity (Wildman–Crippen MR) is 137 cm³/mol. The molecule has 3 heterocycles. The Morgan fingerprint density at radius 1 is 1.39 bits per heavy atom. The lowest BCUT2D eigenvalue weighted by Crippen LogP contribution is -2.37. The number of carbonyl (C=O) groups excluding carboxylic acids is 2. The van der Waals surface area contributed by atoms with Gasteiger partial charge in [0.2, 0.25) is 5.91 Å². The number of primary amides is 1. The number of aromatic nitrogens is 4. The Morgan fingerprint density at radius 3 is 2.83 bits per heavy atom. The fourth-order valence-electron chi connectivity index (χ4n) is 4.50. The second-order valence-corrected chi connectivity index (χ2v) is 8.86. The number of nitrogens with zero attached hydrogens (tertiary/aromatic N) is 5. The fourth-order valence-corrected chi connectivity index (χ4v) is 4.71. The first-order chi connectivity index (χ1) is 17.3. The maximum Gasteiger partial charge on any atom is 0.255 e. The highest BCUT2D eigenvalue weighted by Gasteiger charge is 2.37. The molecule has 0 bridgehead atoms. The summed E-state index contributed by atoms with van der Waals surface area (Å²) in [4.78, 5) is 26.5. The first-order valence-corrected chi connectivity index (χ1v) is 11.6. The number of nitrogens with two attached hydrogens (primary N) is 1.